The number of rotatable bonds is 4. The molecule has 2 saturated carbocycles. The van der Waals surface area contributed by atoms with E-state index in [1.807, 2.05) is 6.92 Å². The van der Waals surface area contributed by atoms with E-state index in [4.69, 9.17) is 0 Å². The summed E-state index contributed by atoms with van der Waals surface area (Å²) in [4.78, 5) is 0. The molecule has 0 spiro atoms. The Balaban J connectivity index is 1.78. The zero-order valence-corrected chi connectivity index (χ0v) is 9.21. The van der Waals surface area contributed by atoms with Crippen LogP contribution in [0.15, 0.2) is 12.2 Å². The Bertz CT molecular complexity index is 221. The summed E-state index contributed by atoms with van der Waals surface area (Å²) in [6.45, 7) is 5.86. The molecule has 0 heterocycles. The molecule has 1 nitrogen and oxygen atoms in total. The molecule has 2 rings (SSSR count). The number of hydrogen-bond donors (Lipinski definition) is 1. The molecule has 0 saturated heterocycles. The third-order valence-electron chi connectivity index (χ3n) is 4.04. The molecular formula is C13H22O. The van der Waals surface area contributed by atoms with E-state index in [1.165, 1.54) is 25.7 Å². The highest BCUT2D eigenvalue weighted by atomic mass is 16.3. The molecule has 2 fully saturated rings. The lowest BCUT2D eigenvalue weighted by Gasteiger charge is -2.24. The quantitative estimate of drug-likeness (QED) is 0.682. The fourth-order valence-corrected chi connectivity index (χ4v) is 3.50. The zero-order valence-electron chi connectivity index (χ0n) is 9.21. The van der Waals surface area contributed by atoms with E-state index >= 15 is 0 Å². The zero-order chi connectivity index (χ0) is 10.1. The Morgan fingerprint density at radius 3 is 2.71 bits per heavy atom. The molecule has 14 heavy (non-hydrogen) atoms. The number of aliphatic hydroxyl groups is 1. The maximum atomic E-state index is 9.85. The molecule has 0 aromatic heterocycles. The third-order valence-corrected chi connectivity index (χ3v) is 4.04. The van der Waals surface area contributed by atoms with Gasteiger partial charge in [-0.15, -0.1) is 6.58 Å². The number of aliphatic hydroxyl groups excluding tert-OH is 1. The first kappa shape index (κ1) is 10.2. The minimum absolute atomic E-state index is 0.128. The monoisotopic (exact) mass is 194 g/mol. The van der Waals surface area contributed by atoms with Crippen molar-refractivity contribution < 1.29 is 5.11 Å². The van der Waals surface area contributed by atoms with Gasteiger partial charge >= 0.3 is 0 Å². The molecule has 2 aliphatic carbocycles. The van der Waals surface area contributed by atoms with E-state index < -0.39 is 0 Å². The second-order valence-electron chi connectivity index (χ2n) is 5.49. The second kappa shape index (κ2) is 4.06. The van der Waals surface area contributed by atoms with Crippen LogP contribution in [0.2, 0.25) is 0 Å². The van der Waals surface area contributed by atoms with Crippen LogP contribution >= 0.6 is 0 Å². The first-order chi connectivity index (χ1) is 6.65. The van der Waals surface area contributed by atoms with E-state index in [9.17, 15) is 5.11 Å². The number of fused-ring (bicyclic) bond motifs is 2. The predicted octanol–water partition coefficient (Wildman–Crippen LogP) is 3.14. The fraction of sp³-hybridized carbons (Fsp3) is 0.846. The lowest BCUT2D eigenvalue weighted by atomic mass is 9.84. The molecule has 4 unspecified atom stereocenters. The molecule has 2 aliphatic rings. The first-order valence-corrected chi connectivity index (χ1v) is 5.97. The summed E-state index contributed by atoms with van der Waals surface area (Å²) < 4.78 is 0. The fourth-order valence-electron chi connectivity index (χ4n) is 3.50. The molecule has 80 valence electrons. The topological polar surface area (TPSA) is 20.2 Å². The van der Waals surface area contributed by atoms with E-state index in [0.717, 1.165) is 36.2 Å². The minimum atomic E-state index is -0.128. The Labute approximate surface area is 87.2 Å². The third kappa shape index (κ3) is 2.20. The van der Waals surface area contributed by atoms with Crippen molar-refractivity contribution in [1.29, 1.82) is 0 Å². The van der Waals surface area contributed by atoms with Crippen molar-refractivity contribution in [2.45, 2.75) is 51.6 Å². The van der Waals surface area contributed by atoms with Crippen molar-refractivity contribution in [3.8, 4) is 0 Å². The van der Waals surface area contributed by atoms with Crippen molar-refractivity contribution in [3.05, 3.63) is 12.2 Å². The normalized spacial score (nSPS) is 37.4. The highest BCUT2D eigenvalue weighted by molar-refractivity contribution is 4.94. The Hall–Kier alpha value is -0.300. The van der Waals surface area contributed by atoms with Gasteiger partial charge in [-0.3, -0.25) is 0 Å². The van der Waals surface area contributed by atoms with Gasteiger partial charge in [-0.25, -0.2) is 0 Å². The molecule has 0 aromatic carbocycles. The molecule has 2 bridgehead atoms. The van der Waals surface area contributed by atoms with Gasteiger partial charge in [0.05, 0.1) is 6.10 Å². The lowest BCUT2D eigenvalue weighted by Crippen LogP contribution is -2.18. The van der Waals surface area contributed by atoms with Gasteiger partial charge in [0.2, 0.25) is 0 Å². The Kier molecular flexibility index (Phi) is 2.96. The predicted molar refractivity (Wildman–Crippen MR) is 59.0 cm³/mol. The van der Waals surface area contributed by atoms with Gasteiger partial charge in [-0.2, -0.15) is 0 Å². The summed E-state index contributed by atoms with van der Waals surface area (Å²) in [5.41, 5.74) is 1.11. The average molecular weight is 194 g/mol. The van der Waals surface area contributed by atoms with Crippen LogP contribution in [0.4, 0.5) is 0 Å². The molecular weight excluding hydrogens is 172 g/mol. The van der Waals surface area contributed by atoms with Crippen LogP contribution in [0.25, 0.3) is 0 Å². The van der Waals surface area contributed by atoms with Crippen molar-refractivity contribution in [2.75, 3.05) is 0 Å². The molecule has 0 amide bonds. The standard InChI is InChI=1S/C13H22O/c1-9(2)5-13(14)8-12-7-10-3-4-11(12)6-10/h10-14H,1,3-8H2,2H3. The van der Waals surface area contributed by atoms with Crippen molar-refractivity contribution in [2.24, 2.45) is 17.8 Å². The van der Waals surface area contributed by atoms with Gasteiger partial charge < -0.3 is 5.11 Å². The van der Waals surface area contributed by atoms with E-state index in [0.29, 0.717) is 0 Å². The van der Waals surface area contributed by atoms with E-state index in [2.05, 4.69) is 6.58 Å². The first-order valence-electron chi connectivity index (χ1n) is 5.97. The molecule has 1 heteroatoms. The SMILES string of the molecule is C=C(C)CC(O)CC1CC2CCC1C2. The molecule has 0 aromatic rings. The van der Waals surface area contributed by atoms with Gasteiger partial charge in [-0.05, 0) is 56.8 Å². The van der Waals surface area contributed by atoms with Crippen LogP contribution in [-0.4, -0.2) is 11.2 Å². The molecule has 1 N–H and O–H groups in total. The van der Waals surface area contributed by atoms with Crippen molar-refractivity contribution in [3.63, 3.8) is 0 Å². The summed E-state index contributed by atoms with van der Waals surface area (Å²) >= 11 is 0. The van der Waals surface area contributed by atoms with Gasteiger partial charge in [0.15, 0.2) is 0 Å². The molecule has 0 radical (unpaired) electrons. The van der Waals surface area contributed by atoms with Gasteiger partial charge in [0.25, 0.3) is 0 Å². The highest BCUT2D eigenvalue weighted by Gasteiger charge is 2.39. The molecule has 4 atom stereocenters. The summed E-state index contributed by atoms with van der Waals surface area (Å²) in [5.74, 6) is 2.77. The van der Waals surface area contributed by atoms with Gasteiger partial charge in [0, 0.05) is 0 Å². The average Bonchev–Trinajstić information content (AvgIpc) is 2.62. The summed E-state index contributed by atoms with van der Waals surface area (Å²) in [6, 6.07) is 0. The summed E-state index contributed by atoms with van der Waals surface area (Å²) in [7, 11) is 0. The van der Waals surface area contributed by atoms with Crippen LogP contribution < -0.4 is 0 Å². The highest BCUT2D eigenvalue weighted by Crippen LogP contribution is 2.50. The maximum Gasteiger partial charge on any atom is 0.0579 e. The van der Waals surface area contributed by atoms with Crippen molar-refractivity contribution >= 4 is 0 Å². The van der Waals surface area contributed by atoms with Crippen LogP contribution in [0, 0.1) is 17.8 Å². The summed E-state index contributed by atoms with van der Waals surface area (Å²) in [5, 5.41) is 9.85. The number of hydrogen-bond acceptors (Lipinski definition) is 1. The van der Waals surface area contributed by atoms with Crippen LogP contribution in [0.3, 0.4) is 0 Å². The largest absolute Gasteiger partial charge is 0.393 e. The minimum Gasteiger partial charge on any atom is -0.393 e. The molecule has 0 aliphatic heterocycles. The van der Waals surface area contributed by atoms with Crippen LogP contribution in [0.5, 0.6) is 0 Å². The maximum absolute atomic E-state index is 9.85. The van der Waals surface area contributed by atoms with Gasteiger partial charge in [0.1, 0.15) is 0 Å². The van der Waals surface area contributed by atoms with Crippen LogP contribution in [-0.2, 0) is 0 Å². The van der Waals surface area contributed by atoms with Crippen molar-refractivity contribution in [1.82, 2.24) is 0 Å². The smallest absolute Gasteiger partial charge is 0.0579 e. The van der Waals surface area contributed by atoms with Gasteiger partial charge in [-0.1, -0.05) is 12.0 Å². The van der Waals surface area contributed by atoms with E-state index in [-0.39, 0.29) is 6.10 Å². The van der Waals surface area contributed by atoms with Crippen LogP contribution in [0.1, 0.15) is 45.4 Å². The lowest BCUT2D eigenvalue weighted by molar-refractivity contribution is 0.125. The second-order valence-corrected chi connectivity index (χ2v) is 5.49. The summed E-state index contributed by atoms with van der Waals surface area (Å²) in [6.07, 6.45) is 7.41. The van der Waals surface area contributed by atoms with E-state index in [1.54, 1.807) is 0 Å². The Morgan fingerprint density at radius 2 is 2.21 bits per heavy atom. The Morgan fingerprint density at radius 1 is 1.43 bits per heavy atom.